The smallest absolute Gasteiger partial charge is 0.215 e. The van der Waals surface area contributed by atoms with E-state index < -0.39 is 0 Å². The summed E-state index contributed by atoms with van der Waals surface area (Å²) in [7, 11) is 0. The van der Waals surface area contributed by atoms with Crippen LogP contribution in [0.3, 0.4) is 0 Å². The number of nitrogens with one attached hydrogen (secondary N) is 2. The van der Waals surface area contributed by atoms with Crippen LogP contribution in [-0.2, 0) is 0 Å². The minimum atomic E-state index is 0.337. The molecule has 18 heavy (non-hydrogen) atoms. The van der Waals surface area contributed by atoms with E-state index in [1.807, 2.05) is 19.1 Å². The van der Waals surface area contributed by atoms with Crippen molar-refractivity contribution < 1.29 is 4.74 Å². The number of ether oxygens (including phenoxy) is 1. The Kier molecular flexibility index (Phi) is 3.15. The molecule has 0 aliphatic carbocycles. The van der Waals surface area contributed by atoms with Crippen LogP contribution in [0.2, 0.25) is 0 Å². The second-order valence-corrected chi connectivity index (χ2v) is 4.58. The number of H-pyrrole nitrogens is 1. The van der Waals surface area contributed by atoms with E-state index in [0.29, 0.717) is 18.5 Å². The third kappa shape index (κ3) is 2.18. The van der Waals surface area contributed by atoms with Crippen molar-refractivity contribution in [1.82, 2.24) is 20.3 Å². The summed E-state index contributed by atoms with van der Waals surface area (Å²) < 4.78 is 5.39. The molecule has 2 N–H and O–H groups in total. The highest BCUT2D eigenvalue weighted by Gasteiger charge is 2.18. The van der Waals surface area contributed by atoms with Gasteiger partial charge in [0.05, 0.1) is 18.2 Å². The molecule has 5 heteroatoms. The summed E-state index contributed by atoms with van der Waals surface area (Å²) >= 11 is 0. The molecule has 1 aliphatic rings. The molecule has 0 spiro atoms. The summed E-state index contributed by atoms with van der Waals surface area (Å²) in [4.78, 5) is 12.3. The number of hydrogen-bond acceptors (Lipinski definition) is 4. The van der Waals surface area contributed by atoms with E-state index in [9.17, 15) is 0 Å². The fourth-order valence-corrected chi connectivity index (χ4v) is 2.37. The Morgan fingerprint density at radius 1 is 1.33 bits per heavy atom. The monoisotopic (exact) mass is 246 g/mol. The zero-order chi connectivity index (χ0) is 12.4. The predicted octanol–water partition coefficient (Wildman–Crippen LogP) is 2.17. The van der Waals surface area contributed by atoms with Crippen molar-refractivity contribution in [3.63, 3.8) is 0 Å². The maximum Gasteiger partial charge on any atom is 0.215 e. The van der Waals surface area contributed by atoms with Crippen LogP contribution >= 0.6 is 0 Å². The van der Waals surface area contributed by atoms with Crippen molar-refractivity contribution in [1.29, 1.82) is 0 Å². The number of aromatic amines is 1. The number of fused-ring (bicyclic) bond motifs is 1. The maximum absolute atomic E-state index is 5.39. The van der Waals surface area contributed by atoms with Gasteiger partial charge in [-0.15, -0.1) is 0 Å². The molecule has 96 valence electrons. The summed E-state index contributed by atoms with van der Waals surface area (Å²) in [6.45, 7) is 3.65. The lowest BCUT2D eigenvalue weighted by Gasteiger charge is -2.21. The fourth-order valence-electron chi connectivity index (χ4n) is 2.37. The van der Waals surface area contributed by atoms with Crippen LogP contribution in [0.4, 0.5) is 0 Å². The first-order valence-electron chi connectivity index (χ1n) is 6.59. The average molecular weight is 246 g/mol. The first kappa shape index (κ1) is 11.5. The molecule has 1 unspecified atom stereocenters. The van der Waals surface area contributed by atoms with E-state index in [0.717, 1.165) is 30.0 Å². The summed E-state index contributed by atoms with van der Waals surface area (Å²) in [5.74, 6) is 1.63. The Morgan fingerprint density at radius 3 is 3.06 bits per heavy atom. The third-order valence-corrected chi connectivity index (χ3v) is 3.27. The van der Waals surface area contributed by atoms with Crippen LogP contribution in [0.5, 0.6) is 5.88 Å². The van der Waals surface area contributed by atoms with Crippen molar-refractivity contribution in [2.24, 2.45) is 0 Å². The van der Waals surface area contributed by atoms with Gasteiger partial charge in [0.1, 0.15) is 5.82 Å². The van der Waals surface area contributed by atoms with Crippen LogP contribution in [-0.4, -0.2) is 28.1 Å². The van der Waals surface area contributed by atoms with Gasteiger partial charge in [-0.25, -0.2) is 4.98 Å². The van der Waals surface area contributed by atoms with Crippen LogP contribution in [0.15, 0.2) is 12.1 Å². The molecular formula is C13H18N4O. The summed E-state index contributed by atoms with van der Waals surface area (Å²) in [5, 5.41) is 3.48. The standard InChI is InChI=1S/C13H18N4O/c1-2-18-11-7-6-10-13(16-11)17-12(15-10)9-5-3-4-8-14-9/h6-7,9,14H,2-5,8H2,1H3,(H,15,16,17). The maximum atomic E-state index is 5.39. The van der Waals surface area contributed by atoms with Crippen LogP contribution in [0.1, 0.15) is 38.1 Å². The molecular weight excluding hydrogens is 228 g/mol. The lowest BCUT2D eigenvalue weighted by atomic mass is 10.0. The molecule has 1 atom stereocenters. The van der Waals surface area contributed by atoms with Gasteiger partial charge in [-0.1, -0.05) is 6.42 Å². The van der Waals surface area contributed by atoms with Crippen molar-refractivity contribution in [3.05, 3.63) is 18.0 Å². The molecule has 1 aliphatic heterocycles. The fraction of sp³-hybridized carbons (Fsp3) is 0.538. The van der Waals surface area contributed by atoms with Gasteiger partial charge < -0.3 is 15.0 Å². The molecule has 2 aromatic heterocycles. The zero-order valence-corrected chi connectivity index (χ0v) is 10.6. The molecule has 0 amide bonds. The van der Waals surface area contributed by atoms with Gasteiger partial charge in [-0.3, -0.25) is 0 Å². The second kappa shape index (κ2) is 4.94. The lowest BCUT2D eigenvalue weighted by molar-refractivity contribution is 0.328. The topological polar surface area (TPSA) is 62.8 Å². The molecule has 0 radical (unpaired) electrons. The largest absolute Gasteiger partial charge is 0.478 e. The Bertz CT molecular complexity index is 531. The first-order chi connectivity index (χ1) is 8.86. The molecule has 1 fully saturated rings. The minimum absolute atomic E-state index is 0.337. The van der Waals surface area contributed by atoms with Crippen molar-refractivity contribution in [3.8, 4) is 5.88 Å². The first-order valence-corrected chi connectivity index (χ1v) is 6.59. The normalized spacial score (nSPS) is 20.2. The van der Waals surface area contributed by atoms with Crippen LogP contribution in [0, 0.1) is 0 Å². The number of rotatable bonds is 3. The van der Waals surface area contributed by atoms with Crippen molar-refractivity contribution in [2.45, 2.75) is 32.2 Å². The summed E-state index contributed by atoms with van der Waals surface area (Å²) in [6, 6.07) is 4.19. The molecule has 3 rings (SSSR count). The van der Waals surface area contributed by atoms with E-state index >= 15 is 0 Å². The molecule has 2 aromatic rings. The van der Waals surface area contributed by atoms with Crippen molar-refractivity contribution >= 4 is 11.2 Å². The van der Waals surface area contributed by atoms with Crippen LogP contribution in [0.25, 0.3) is 11.2 Å². The SMILES string of the molecule is CCOc1ccc2[nH]c(C3CCCCN3)nc2n1. The number of hydrogen-bond donors (Lipinski definition) is 2. The highest BCUT2D eigenvalue weighted by atomic mass is 16.5. The minimum Gasteiger partial charge on any atom is -0.478 e. The Hall–Kier alpha value is -1.62. The highest BCUT2D eigenvalue weighted by Crippen LogP contribution is 2.23. The van der Waals surface area contributed by atoms with Gasteiger partial charge in [0, 0.05) is 6.07 Å². The predicted molar refractivity (Wildman–Crippen MR) is 69.7 cm³/mol. The van der Waals surface area contributed by atoms with E-state index in [2.05, 4.69) is 20.3 Å². The number of nitrogens with zero attached hydrogens (tertiary/aromatic N) is 2. The molecule has 0 saturated carbocycles. The number of piperidine rings is 1. The van der Waals surface area contributed by atoms with Gasteiger partial charge in [0.25, 0.3) is 0 Å². The second-order valence-electron chi connectivity index (χ2n) is 4.58. The van der Waals surface area contributed by atoms with Gasteiger partial charge in [0.2, 0.25) is 5.88 Å². The molecule has 3 heterocycles. The average Bonchev–Trinajstić information content (AvgIpc) is 2.83. The Labute approximate surface area is 106 Å². The van der Waals surface area contributed by atoms with Crippen LogP contribution < -0.4 is 10.1 Å². The third-order valence-electron chi connectivity index (χ3n) is 3.27. The summed E-state index contributed by atoms with van der Waals surface area (Å²) in [5.41, 5.74) is 1.71. The molecule has 0 aromatic carbocycles. The van der Waals surface area contributed by atoms with Gasteiger partial charge in [0.15, 0.2) is 5.65 Å². The van der Waals surface area contributed by atoms with Crippen molar-refractivity contribution in [2.75, 3.05) is 13.2 Å². The van der Waals surface area contributed by atoms with E-state index in [1.54, 1.807) is 0 Å². The highest BCUT2D eigenvalue weighted by molar-refractivity contribution is 5.71. The van der Waals surface area contributed by atoms with Gasteiger partial charge in [-0.05, 0) is 32.4 Å². The van der Waals surface area contributed by atoms with E-state index in [4.69, 9.17) is 4.74 Å². The lowest BCUT2D eigenvalue weighted by Crippen LogP contribution is -2.27. The Balaban J connectivity index is 1.89. The molecule has 1 saturated heterocycles. The Morgan fingerprint density at radius 2 is 2.28 bits per heavy atom. The molecule has 0 bridgehead atoms. The van der Waals surface area contributed by atoms with E-state index in [-0.39, 0.29) is 0 Å². The number of pyridine rings is 1. The number of imidazole rings is 1. The van der Waals surface area contributed by atoms with E-state index in [1.165, 1.54) is 12.8 Å². The summed E-state index contributed by atoms with van der Waals surface area (Å²) in [6.07, 6.45) is 3.65. The zero-order valence-electron chi connectivity index (χ0n) is 10.6. The van der Waals surface area contributed by atoms with Gasteiger partial charge in [-0.2, -0.15) is 4.98 Å². The van der Waals surface area contributed by atoms with Gasteiger partial charge >= 0.3 is 0 Å². The molecule has 5 nitrogen and oxygen atoms in total. The quantitative estimate of drug-likeness (QED) is 0.871. The number of aromatic nitrogens is 3.